The van der Waals surface area contributed by atoms with E-state index in [4.69, 9.17) is 14.2 Å². The van der Waals surface area contributed by atoms with Crippen LogP contribution in [0.4, 0.5) is 0 Å². The summed E-state index contributed by atoms with van der Waals surface area (Å²) in [5.41, 5.74) is 0.872. The largest absolute Gasteiger partial charge is 0.494 e. The van der Waals surface area contributed by atoms with Crippen molar-refractivity contribution in [2.24, 2.45) is 0 Å². The molecule has 0 aliphatic rings. The molecule has 5 heteroatoms. The van der Waals surface area contributed by atoms with Crippen LogP contribution in [0.15, 0.2) is 54.6 Å². The van der Waals surface area contributed by atoms with E-state index in [9.17, 15) is 9.59 Å². The fraction of sp³-hybridized carbons (Fsp3) is 0.360. The summed E-state index contributed by atoms with van der Waals surface area (Å²) in [6, 6.07) is 13.9. The van der Waals surface area contributed by atoms with Gasteiger partial charge in [0.1, 0.15) is 17.2 Å². The van der Waals surface area contributed by atoms with E-state index in [2.05, 4.69) is 13.8 Å². The van der Waals surface area contributed by atoms with Crippen LogP contribution < -0.4 is 14.2 Å². The topological polar surface area (TPSA) is 61.8 Å². The van der Waals surface area contributed by atoms with Gasteiger partial charge in [-0.05, 0) is 60.9 Å². The van der Waals surface area contributed by atoms with Crippen molar-refractivity contribution in [3.63, 3.8) is 0 Å². The van der Waals surface area contributed by atoms with E-state index in [1.54, 1.807) is 30.3 Å². The molecule has 0 aromatic heterocycles. The second-order valence-corrected chi connectivity index (χ2v) is 6.93. The van der Waals surface area contributed by atoms with Crippen LogP contribution in [-0.4, -0.2) is 18.5 Å². The van der Waals surface area contributed by atoms with Crippen molar-refractivity contribution in [2.45, 2.75) is 52.4 Å². The Morgan fingerprint density at radius 1 is 0.767 bits per heavy atom. The Bertz CT molecular complexity index is 806. The predicted octanol–water partition coefficient (Wildman–Crippen LogP) is 5.97. The van der Waals surface area contributed by atoms with Gasteiger partial charge in [-0.25, -0.2) is 4.79 Å². The lowest BCUT2D eigenvalue weighted by atomic mass is 10.1. The maximum Gasteiger partial charge on any atom is 0.336 e. The normalized spacial score (nSPS) is 10.7. The van der Waals surface area contributed by atoms with E-state index in [0.717, 1.165) is 43.4 Å². The maximum atomic E-state index is 12.0. The third-order valence-electron chi connectivity index (χ3n) is 4.27. The first-order valence-electron chi connectivity index (χ1n) is 10.5. The van der Waals surface area contributed by atoms with Gasteiger partial charge in [0.05, 0.1) is 6.61 Å². The number of unbranched alkanes of at least 4 members (excludes halogenated alkanes) is 3. The molecular formula is C25H30O5. The quantitative estimate of drug-likeness (QED) is 0.187. The van der Waals surface area contributed by atoms with Crippen LogP contribution in [0.2, 0.25) is 0 Å². The summed E-state index contributed by atoms with van der Waals surface area (Å²) in [5, 5.41) is 0. The zero-order valence-corrected chi connectivity index (χ0v) is 17.8. The third kappa shape index (κ3) is 8.95. The van der Waals surface area contributed by atoms with Crippen LogP contribution in [0.1, 0.15) is 57.9 Å². The van der Waals surface area contributed by atoms with Crippen molar-refractivity contribution >= 4 is 18.0 Å². The van der Waals surface area contributed by atoms with E-state index < -0.39 is 5.97 Å². The smallest absolute Gasteiger partial charge is 0.336 e. The van der Waals surface area contributed by atoms with E-state index >= 15 is 0 Å². The molecule has 0 fully saturated rings. The van der Waals surface area contributed by atoms with Gasteiger partial charge in [-0.1, -0.05) is 45.2 Å². The van der Waals surface area contributed by atoms with Gasteiger partial charge >= 0.3 is 11.9 Å². The first kappa shape index (κ1) is 23.2. The van der Waals surface area contributed by atoms with Gasteiger partial charge < -0.3 is 14.2 Å². The summed E-state index contributed by atoms with van der Waals surface area (Å²) >= 11 is 0. The average Bonchev–Trinajstić information content (AvgIpc) is 2.76. The number of ether oxygens (including phenoxy) is 3. The maximum absolute atomic E-state index is 12.0. The predicted molar refractivity (Wildman–Crippen MR) is 118 cm³/mol. The Balaban J connectivity index is 1.78. The fourth-order valence-corrected chi connectivity index (χ4v) is 2.66. The van der Waals surface area contributed by atoms with Gasteiger partial charge in [0, 0.05) is 12.5 Å². The Morgan fingerprint density at radius 3 is 2.03 bits per heavy atom. The molecule has 0 N–H and O–H groups in total. The molecule has 0 spiro atoms. The molecule has 0 aliphatic carbocycles. The summed E-state index contributed by atoms with van der Waals surface area (Å²) in [7, 11) is 0. The molecule has 0 radical (unpaired) electrons. The van der Waals surface area contributed by atoms with Crippen molar-refractivity contribution in [2.75, 3.05) is 6.61 Å². The number of benzene rings is 2. The molecule has 0 atom stereocenters. The first-order valence-corrected chi connectivity index (χ1v) is 10.5. The zero-order chi connectivity index (χ0) is 21.6. The van der Waals surface area contributed by atoms with Gasteiger partial charge in [-0.2, -0.15) is 0 Å². The Hall–Kier alpha value is -3.08. The highest BCUT2D eigenvalue weighted by Crippen LogP contribution is 2.19. The molecule has 5 nitrogen and oxygen atoms in total. The number of carbonyl (C=O) groups is 2. The summed E-state index contributed by atoms with van der Waals surface area (Å²) in [5.74, 6) is 0.900. The van der Waals surface area contributed by atoms with Gasteiger partial charge in [-0.15, -0.1) is 0 Å². The molecular weight excluding hydrogens is 380 g/mol. The summed E-state index contributed by atoms with van der Waals surface area (Å²) < 4.78 is 16.1. The molecule has 0 bridgehead atoms. The highest BCUT2D eigenvalue weighted by atomic mass is 16.5. The Morgan fingerprint density at radius 2 is 1.40 bits per heavy atom. The molecule has 0 unspecified atom stereocenters. The minimum absolute atomic E-state index is 0.245. The van der Waals surface area contributed by atoms with Gasteiger partial charge in [0.15, 0.2) is 0 Å². The number of hydrogen-bond acceptors (Lipinski definition) is 5. The van der Waals surface area contributed by atoms with Crippen molar-refractivity contribution in [1.82, 2.24) is 0 Å². The number of carbonyl (C=O) groups excluding carboxylic acids is 2. The summed E-state index contributed by atoms with van der Waals surface area (Å²) in [4.78, 5) is 23.8. The fourth-order valence-electron chi connectivity index (χ4n) is 2.66. The molecule has 2 aromatic rings. The molecule has 0 amide bonds. The van der Waals surface area contributed by atoms with Gasteiger partial charge in [0.2, 0.25) is 0 Å². The molecule has 2 rings (SSSR count). The molecule has 30 heavy (non-hydrogen) atoms. The number of rotatable bonds is 12. The van der Waals surface area contributed by atoms with Crippen molar-refractivity contribution in [3.05, 3.63) is 60.2 Å². The van der Waals surface area contributed by atoms with E-state index in [1.807, 2.05) is 24.3 Å². The monoisotopic (exact) mass is 410 g/mol. The standard InChI is InChI=1S/C25H30O5/c1-3-5-6-7-8-24(26)29-22-14-16-23(17-15-22)30-25(27)18-11-20-9-12-21(13-10-20)28-19-4-2/h9-18H,3-8,19H2,1-2H3. The molecule has 160 valence electrons. The van der Waals surface area contributed by atoms with Crippen LogP contribution >= 0.6 is 0 Å². The lowest BCUT2D eigenvalue weighted by Gasteiger charge is -2.06. The van der Waals surface area contributed by atoms with Crippen LogP contribution in [0.25, 0.3) is 6.08 Å². The molecule has 0 saturated heterocycles. The molecule has 2 aromatic carbocycles. The second-order valence-electron chi connectivity index (χ2n) is 6.93. The van der Waals surface area contributed by atoms with Crippen LogP contribution in [0.5, 0.6) is 17.2 Å². The van der Waals surface area contributed by atoms with E-state index in [0.29, 0.717) is 24.5 Å². The second kappa shape index (κ2) is 13.2. The lowest BCUT2D eigenvalue weighted by Crippen LogP contribution is -2.07. The average molecular weight is 411 g/mol. The Kier molecular flexibility index (Phi) is 10.2. The van der Waals surface area contributed by atoms with Crippen LogP contribution in [0.3, 0.4) is 0 Å². The van der Waals surface area contributed by atoms with Crippen molar-refractivity contribution in [1.29, 1.82) is 0 Å². The molecule has 0 saturated carbocycles. The molecule has 0 aliphatic heterocycles. The van der Waals surface area contributed by atoms with Crippen LogP contribution in [-0.2, 0) is 9.59 Å². The number of hydrogen-bond donors (Lipinski definition) is 0. The van der Waals surface area contributed by atoms with E-state index in [1.165, 1.54) is 6.08 Å². The minimum atomic E-state index is -0.484. The van der Waals surface area contributed by atoms with Gasteiger partial charge in [0.25, 0.3) is 0 Å². The number of esters is 2. The molecule has 0 heterocycles. The summed E-state index contributed by atoms with van der Waals surface area (Å²) in [6.07, 6.45) is 8.54. The van der Waals surface area contributed by atoms with Gasteiger partial charge in [-0.3, -0.25) is 4.79 Å². The summed E-state index contributed by atoms with van der Waals surface area (Å²) in [6.45, 7) is 4.86. The zero-order valence-electron chi connectivity index (χ0n) is 17.8. The van der Waals surface area contributed by atoms with Crippen molar-refractivity contribution in [3.8, 4) is 17.2 Å². The van der Waals surface area contributed by atoms with Crippen LogP contribution in [0, 0.1) is 0 Å². The van der Waals surface area contributed by atoms with Crippen molar-refractivity contribution < 1.29 is 23.8 Å². The SMILES string of the molecule is CCCCCCC(=O)Oc1ccc(OC(=O)C=Cc2ccc(OCCC)cc2)cc1. The minimum Gasteiger partial charge on any atom is -0.494 e. The first-order chi connectivity index (χ1) is 14.6. The highest BCUT2D eigenvalue weighted by molar-refractivity contribution is 5.88. The van der Waals surface area contributed by atoms with E-state index in [-0.39, 0.29) is 5.97 Å². The highest BCUT2D eigenvalue weighted by Gasteiger charge is 2.06. The third-order valence-corrected chi connectivity index (χ3v) is 4.27. The lowest BCUT2D eigenvalue weighted by molar-refractivity contribution is -0.134. The Labute approximate surface area is 178 Å².